The quantitative estimate of drug-likeness (QED) is 0.791. The Balaban J connectivity index is 1.93. The van der Waals surface area contributed by atoms with Crippen LogP contribution in [0.4, 0.5) is 0 Å². The lowest BCUT2D eigenvalue weighted by Gasteiger charge is -2.34. The SMILES string of the molecule is CC(C)NC(=O)CN1CCN(C(=O)c2ccnn2C)CC1=O. The Labute approximate surface area is 129 Å². The van der Waals surface area contributed by atoms with Crippen LogP contribution in [0.1, 0.15) is 24.3 Å². The van der Waals surface area contributed by atoms with E-state index in [1.54, 1.807) is 19.3 Å². The van der Waals surface area contributed by atoms with E-state index in [0.717, 1.165) is 0 Å². The largest absolute Gasteiger partial charge is 0.352 e. The first kappa shape index (κ1) is 16.0. The maximum atomic E-state index is 12.3. The fraction of sp³-hybridized carbons (Fsp3) is 0.571. The van der Waals surface area contributed by atoms with E-state index in [2.05, 4.69) is 10.4 Å². The minimum atomic E-state index is -0.223. The molecule has 2 heterocycles. The first-order chi connectivity index (χ1) is 10.4. The molecule has 0 bridgehead atoms. The molecule has 1 saturated heterocycles. The van der Waals surface area contributed by atoms with Crippen LogP contribution >= 0.6 is 0 Å². The summed E-state index contributed by atoms with van der Waals surface area (Å²) < 4.78 is 1.48. The molecule has 1 fully saturated rings. The van der Waals surface area contributed by atoms with E-state index in [-0.39, 0.29) is 36.9 Å². The predicted octanol–water partition coefficient (Wildman–Crippen LogP) is -0.771. The van der Waals surface area contributed by atoms with E-state index in [1.807, 2.05) is 13.8 Å². The summed E-state index contributed by atoms with van der Waals surface area (Å²) in [7, 11) is 1.68. The monoisotopic (exact) mass is 307 g/mol. The molecule has 0 saturated carbocycles. The van der Waals surface area contributed by atoms with Crippen molar-refractivity contribution < 1.29 is 14.4 Å². The van der Waals surface area contributed by atoms with Gasteiger partial charge in [0.15, 0.2) is 0 Å². The first-order valence-electron chi connectivity index (χ1n) is 7.23. The van der Waals surface area contributed by atoms with Crippen molar-refractivity contribution in [1.82, 2.24) is 24.9 Å². The maximum absolute atomic E-state index is 12.3. The maximum Gasteiger partial charge on any atom is 0.272 e. The highest BCUT2D eigenvalue weighted by Gasteiger charge is 2.29. The summed E-state index contributed by atoms with van der Waals surface area (Å²) in [4.78, 5) is 39.1. The summed E-state index contributed by atoms with van der Waals surface area (Å²) in [5, 5.41) is 6.70. The highest BCUT2D eigenvalue weighted by atomic mass is 16.2. The molecule has 0 spiro atoms. The molecule has 1 aromatic heterocycles. The molecule has 8 heteroatoms. The number of nitrogens with zero attached hydrogens (tertiary/aromatic N) is 4. The molecule has 1 aliphatic heterocycles. The van der Waals surface area contributed by atoms with Gasteiger partial charge >= 0.3 is 0 Å². The molecule has 0 unspecified atom stereocenters. The molecule has 22 heavy (non-hydrogen) atoms. The van der Waals surface area contributed by atoms with Gasteiger partial charge in [-0.2, -0.15) is 5.10 Å². The zero-order valence-corrected chi connectivity index (χ0v) is 13.1. The lowest BCUT2D eigenvalue weighted by atomic mass is 10.2. The van der Waals surface area contributed by atoms with Gasteiger partial charge in [-0.05, 0) is 19.9 Å². The van der Waals surface area contributed by atoms with Crippen LogP contribution in [0.15, 0.2) is 12.3 Å². The molecule has 1 aliphatic rings. The highest BCUT2D eigenvalue weighted by Crippen LogP contribution is 2.09. The molecule has 3 amide bonds. The standard InChI is InChI=1S/C14H21N5O3/c1-10(2)16-12(20)8-18-6-7-19(9-13(18)21)14(22)11-4-5-15-17(11)3/h4-5,10H,6-9H2,1-3H3,(H,16,20). The van der Waals surface area contributed by atoms with Gasteiger partial charge in [0.1, 0.15) is 12.2 Å². The average molecular weight is 307 g/mol. The number of carbonyl (C=O) groups excluding carboxylic acids is 3. The third-order valence-corrected chi connectivity index (χ3v) is 3.43. The third kappa shape index (κ3) is 3.63. The molecule has 0 atom stereocenters. The van der Waals surface area contributed by atoms with Crippen LogP contribution in [0.3, 0.4) is 0 Å². The van der Waals surface area contributed by atoms with Crippen molar-refractivity contribution in [3.63, 3.8) is 0 Å². The summed E-state index contributed by atoms with van der Waals surface area (Å²) in [6, 6.07) is 1.66. The third-order valence-electron chi connectivity index (χ3n) is 3.43. The van der Waals surface area contributed by atoms with Gasteiger partial charge in [0.05, 0.1) is 6.54 Å². The topological polar surface area (TPSA) is 87.5 Å². The molecular formula is C14H21N5O3. The lowest BCUT2D eigenvalue weighted by molar-refractivity contribution is -0.139. The van der Waals surface area contributed by atoms with Crippen LogP contribution in [0.2, 0.25) is 0 Å². The smallest absolute Gasteiger partial charge is 0.272 e. The van der Waals surface area contributed by atoms with Crippen molar-refractivity contribution in [3.05, 3.63) is 18.0 Å². The minimum absolute atomic E-state index is 0.0149. The first-order valence-corrected chi connectivity index (χ1v) is 7.23. The summed E-state index contributed by atoms with van der Waals surface area (Å²) in [5.41, 5.74) is 0.443. The number of rotatable bonds is 4. The zero-order valence-electron chi connectivity index (χ0n) is 13.1. The van der Waals surface area contributed by atoms with Crippen molar-refractivity contribution in [2.75, 3.05) is 26.2 Å². The number of hydrogen-bond donors (Lipinski definition) is 1. The second kappa shape index (κ2) is 6.59. The number of carbonyl (C=O) groups is 3. The number of aromatic nitrogens is 2. The summed E-state index contributed by atoms with van der Waals surface area (Å²) in [6.45, 7) is 4.51. The fourth-order valence-corrected chi connectivity index (χ4v) is 2.34. The molecule has 0 aliphatic carbocycles. The Morgan fingerprint density at radius 3 is 2.64 bits per heavy atom. The zero-order chi connectivity index (χ0) is 16.3. The number of piperazine rings is 1. The molecule has 2 rings (SSSR count). The average Bonchev–Trinajstić information content (AvgIpc) is 2.85. The van der Waals surface area contributed by atoms with Gasteiger partial charge in [0, 0.05) is 32.4 Å². The van der Waals surface area contributed by atoms with Crippen LogP contribution in [0.25, 0.3) is 0 Å². The van der Waals surface area contributed by atoms with E-state index >= 15 is 0 Å². The Morgan fingerprint density at radius 1 is 1.36 bits per heavy atom. The Hall–Kier alpha value is -2.38. The normalized spacial score (nSPS) is 15.4. The van der Waals surface area contributed by atoms with E-state index < -0.39 is 0 Å². The van der Waals surface area contributed by atoms with Crippen LogP contribution in [0.5, 0.6) is 0 Å². The van der Waals surface area contributed by atoms with Crippen molar-refractivity contribution in [1.29, 1.82) is 0 Å². The van der Waals surface area contributed by atoms with Crippen molar-refractivity contribution in [3.8, 4) is 0 Å². The van der Waals surface area contributed by atoms with Crippen molar-refractivity contribution in [2.24, 2.45) is 7.05 Å². The Bertz CT molecular complexity index is 581. The van der Waals surface area contributed by atoms with Gasteiger partial charge in [0.2, 0.25) is 11.8 Å². The fourth-order valence-electron chi connectivity index (χ4n) is 2.34. The van der Waals surface area contributed by atoms with E-state index in [0.29, 0.717) is 18.8 Å². The van der Waals surface area contributed by atoms with Gasteiger partial charge in [-0.15, -0.1) is 0 Å². The summed E-state index contributed by atoms with van der Waals surface area (Å²) in [6.07, 6.45) is 1.54. The predicted molar refractivity (Wildman–Crippen MR) is 79.0 cm³/mol. The summed E-state index contributed by atoms with van der Waals surface area (Å²) >= 11 is 0. The second-order valence-corrected chi connectivity index (χ2v) is 5.60. The Kier molecular flexibility index (Phi) is 4.79. The van der Waals surface area contributed by atoms with Crippen molar-refractivity contribution in [2.45, 2.75) is 19.9 Å². The molecule has 0 aromatic carbocycles. The lowest BCUT2D eigenvalue weighted by Crippen LogP contribution is -2.54. The van der Waals surface area contributed by atoms with Gasteiger partial charge in [0.25, 0.3) is 5.91 Å². The number of aryl methyl sites for hydroxylation is 1. The minimum Gasteiger partial charge on any atom is -0.352 e. The molecule has 1 N–H and O–H groups in total. The molecule has 120 valence electrons. The second-order valence-electron chi connectivity index (χ2n) is 5.60. The van der Waals surface area contributed by atoms with E-state index in [9.17, 15) is 14.4 Å². The van der Waals surface area contributed by atoms with Gasteiger partial charge < -0.3 is 15.1 Å². The van der Waals surface area contributed by atoms with E-state index in [4.69, 9.17) is 0 Å². The number of amides is 3. The van der Waals surface area contributed by atoms with Crippen LogP contribution in [-0.2, 0) is 16.6 Å². The molecule has 8 nitrogen and oxygen atoms in total. The van der Waals surface area contributed by atoms with Crippen molar-refractivity contribution >= 4 is 17.7 Å². The molecular weight excluding hydrogens is 286 g/mol. The number of hydrogen-bond acceptors (Lipinski definition) is 4. The Morgan fingerprint density at radius 2 is 2.09 bits per heavy atom. The van der Waals surface area contributed by atoms with Gasteiger partial charge in [-0.3, -0.25) is 19.1 Å². The van der Waals surface area contributed by atoms with Crippen LogP contribution in [0, 0.1) is 0 Å². The van der Waals surface area contributed by atoms with E-state index in [1.165, 1.54) is 14.5 Å². The highest BCUT2D eigenvalue weighted by molar-refractivity contribution is 5.96. The number of nitrogens with one attached hydrogen (secondary N) is 1. The molecule has 1 aromatic rings. The summed E-state index contributed by atoms with van der Waals surface area (Å²) in [5.74, 6) is -0.630. The van der Waals surface area contributed by atoms with Gasteiger partial charge in [-0.1, -0.05) is 0 Å². The van der Waals surface area contributed by atoms with Crippen LogP contribution < -0.4 is 5.32 Å². The van der Waals surface area contributed by atoms with Gasteiger partial charge in [-0.25, -0.2) is 0 Å². The molecule has 0 radical (unpaired) electrons. The van der Waals surface area contributed by atoms with Crippen LogP contribution in [-0.4, -0.2) is 69.5 Å².